The fourth-order valence-electron chi connectivity index (χ4n) is 2.41. The second-order valence-corrected chi connectivity index (χ2v) is 6.63. The van der Waals surface area contributed by atoms with Crippen molar-refractivity contribution >= 4 is 10.0 Å². The van der Waals surface area contributed by atoms with Crippen LogP contribution in [0.5, 0.6) is 0 Å². The molecule has 0 amide bonds. The molecule has 0 unspecified atom stereocenters. The van der Waals surface area contributed by atoms with Gasteiger partial charge in [-0.05, 0) is 38.0 Å². The Labute approximate surface area is 104 Å². The second kappa shape index (κ2) is 6.52. The number of allylic oxidation sites excluding steroid dienone is 1. The van der Waals surface area contributed by atoms with Crippen molar-refractivity contribution < 1.29 is 13.2 Å². The zero-order chi connectivity index (χ0) is 12.9. The van der Waals surface area contributed by atoms with E-state index in [0.29, 0.717) is 12.8 Å². The normalized spacial score (nSPS) is 24.5. The lowest BCUT2D eigenvalue weighted by molar-refractivity contribution is 0.101. The summed E-state index contributed by atoms with van der Waals surface area (Å²) in [5.74, 6) is 0.0175. The van der Waals surface area contributed by atoms with Crippen LogP contribution in [0.4, 0.5) is 0 Å². The molecule has 1 heterocycles. The molecule has 0 aromatic heterocycles. The van der Waals surface area contributed by atoms with Crippen LogP contribution in [0.1, 0.15) is 39.0 Å². The molecule has 5 heteroatoms. The molecule has 1 aliphatic rings. The van der Waals surface area contributed by atoms with Crippen molar-refractivity contribution in [3.05, 3.63) is 12.7 Å². The molecule has 0 spiro atoms. The van der Waals surface area contributed by atoms with Gasteiger partial charge in [-0.2, -0.15) is 0 Å². The molecule has 1 aliphatic heterocycles. The van der Waals surface area contributed by atoms with E-state index in [-0.39, 0.29) is 12.0 Å². The first-order chi connectivity index (χ1) is 7.95. The Morgan fingerprint density at radius 1 is 1.59 bits per heavy atom. The van der Waals surface area contributed by atoms with Crippen molar-refractivity contribution in [3.8, 4) is 0 Å². The van der Waals surface area contributed by atoms with Crippen molar-refractivity contribution in [3.63, 3.8) is 0 Å². The average Bonchev–Trinajstić information content (AvgIpc) is 2.69. The Morgan fingerprint density at radius 2 is 2.29 bits per heavy atom. The highest BCUT2D eigenvalue weighted by Gasteiger charge is 2.28. The van der Waals surface area contributed by atoms with Crippen LogP contribution in [-0.2, 0) is 14.8 Å². The van der Waals surface area contributed by atoms with Gasteiger partial charge in [0.25, 0.3) is 0 Å². The van der Waals surface area contributed by atoms with Gasteiger partial charge in [0, 0.05) is 6.61 Å². The summed E-state index contributed by atoms with van der Waals surface area (Å²) in [5.41, 5.74) is 0. The lowest BCUT2D eigenvalue weighted by atomic mass is 9.98. The van der Waals surface area contributed by atoms with Crippen LogP contribution >= 0.6 is 0 Å². The zero-order valence-electron chi connectivity index (χ0n) is 10.5. The maximum absolute atomic E-state index is 11.6. The Morgan fingerprint density at radius 3 is 2.76 bits per heavy atom. The van der Waals surface area contributed by atoms with E-state index in [2.05, 4.69) is 6.58 Å². The van der Waals surface area contributed by atoms with E-state index in [0.717, 1.165) is 25.9 Å². The second-order valence-electron chi connectivity index (χ2n) is 4.84. The van der Waals surface area contributed by atoms with Crippen molar-refractivity contribution in [2.75, 3.05) is 6.61 Å². The predicted octanol–water partition coefficient (Wildman–Crippen LogP) is 1.81. The van der Waals surface area contributed by atoms with Crippen molar-refractivity contribution in [1.82, 2.24) is 0 Å². The van der Waals surface area contributed by atoms with Crippen LogP contribution in [-0.4, -0.2) is 26.4 Å². The van der Waals surface area contributed by atoms with Gasteiger partial charge in [0.2, 0.25) is 10.0 Å². The van der Waals surface area contributed by atoms with E-state index in [1.165, 1.54) is 0 Å². The molecular weight excluding hydrogens is 238 g/mol. The average molecular weight is 261 g/mol. The maximum atomic E-state index is 11.6. The molecule has 17 heavy (non-hydrogen) atoms. The number of ether oxygens (including phenoxy) is 1. The summed E-state index contributed by atoms with van der Waals surface area (Å²) in [5, 5.41) is 4.81. The Hall–Kier alpha value is -0.390. The third-order valence-corrected chi connectivity index (χ3v) is 4.94. The first kappa shape index (κ1) is 14.7. The van der Waals surface area contributed by atoms with Crippen molar-refractivity contribution in [2.24, 2.45) is 11.1 Å². The fraction of sp³-hybridized carbons (Fsp3) is 0.833. The van der Waals surface area contributed by atoms with Gasteiger partial charge in [-0.25, -0.2) is 13.6 Å². The number of hydrogen-bond donors (Lipinski definition) is 1. The molecule has 0 aromatic rings. The van der Waals surface area contributed by atoms with Gasteiger partial charge < -0.3 is 4.74 Å². The summed E-state index contributed by atoms with van der Waals surface area (Å²) in [7, 11) is -3.48. The topological polar surface area (TPSA) is 69.4 Å². The van der Waals surface area contributed by atoms with Crippen LogP contribution < -0.4 is 5.14 Å². The molecule has 0 aliphatic carbocycles. The highest BCUT2D eigenvalue weighted by Crippen LogP contribution is 2.24. The van der Waals surface area contributed by atoms with E-state index < -0.39 is 15.3 Å². The molecule has 100 valence electrons. The Kier molecular flexibility index (Phi) is 5.62. The SMILES string of the molecule is C=CC[C@H](C)[C@H](CC[C@H]1CCCO1)S(N)(=O)=O. The smallest absolute Gasteiger partial charge is 0.212 e. The van der Waals surface area contributed by atoms with E-state index in [9.17, 15) is 8.42 Å². The van der Waals surface area contributed by atoms with Gasteiger partial charge >= 0.3 is 0 Å². The van der Waals surface area contributed by atoms with Crippen LogP contribution in [0.2, 0.25) is 0 Å². The number of sulfonamides is 1. The third-order valence-electron chi connectivity index (χ3n) is 3.39. The Bertz CT molecular complexity index is 334. The Balaban J connectivity index is 2.54. The highest BCUT2D eigenvalue weighted by molar-refractivity contribution is 7.89. The largest absolute Gasteiger partial charge is 0.378 e. The van der Waals surface area contributed by atoms with Gasteiger partial charge in [-0.3, -0.25) is 0 Å². The summed E-state index contributed by atoms with van der Waals surface area (Å²) in [6.07, 6.45) is 6.11. The number of primary sulfonamides is 1. The molecule has 0 radical (unpaired) electrons. The maximum Gasteiger partial charge on any atom is 0.212 e. The molecule has 3 atom stereocenters. The lowest BCUT2D eigenvalue weighted by Crippen LogP contribution is -2.34. The number of nitrogens with two attached hydrogens (primary N) is 1. The van der Waals surface area contributed by atoms with Crippen LogP contribution in [0.25, 0.3) is 0 Å². The lowest BCUT2D eigenvalue weighted by Gasteiger charge is -2.22. The minimum Gasteiger partial charge on any atom is -0.378 e. The summed E-state index contributed by atoms with van der Waals surface area (Å²) in [6.45, 7) is 6.35. The monoisotopic (exact) mass is 261 g/mol. The van der Waals surface area contributed by atoms with Crippen LogP contribution in [0.3, 0.4) is 0 Å². The minimum atomic E-state index is -3.48. The fourth-order valence-corrected chi connectivity index (χ4v) is 3.63. The first-order valence-electron chi connectivity index (χ1n) is 6.19. The predicted molar refractivity (Wildman–Crippen MR) is 69.1 cm³/mol. The van der Waals surface area contributed by atoms with Crippen molar-refractivity contribution in [2.45, 2.75) is 50.4 Å². The first-order valence-corrected chi connectivity index (χ1v) is 7.80. The van der Waals surface area contributed by atoms with E-state index in [4.69, 9.17) is 9.88 Å². The van der Waals surface area contributed by atoms with Gasteiger partial charge in [0.05, 0.1) is 11.4 Å². The third kappa shape index (κ3) is 4.77. The summed E-state index contributed by atoms with van der Waals surface area (Å²) >= 11 is 0. The van der Waals surface area contributed by atoms with Gasteiger partial charge in [0.1, 0.15) is 0 Å². The number of rotatable bonds is 7. The summed E-state index contributed by atoms with van der Waals surface area (Å²) in [6, 6.07) is 0. The highest BCUT2D eigenvalue weighted by atomic mass is 32.2. The standard InChI is InChI=1S/C12H23NO3S/c1-3-5-10(2)12(17(13,14)15)8-7-11-6-4-9-16-11/h3,10-12H,1,4-9H2,2H3,(H2,13,14,15)/t10-,11+,12-/m0/s1. The van der Waals surface area contributed by atoms with E-state index in [1.807, 2.05) is 6.92 Å². The molecule has 1 rings (SSSR count). The van der Waals surface area contributed by atoms with E-state index >= 15 is 0 Å². The van der Waals surface area contributed by atoms with Crippen molar-refractivity contribution in [1.29, 1.82) is 0 Å². The summed E-state index contributed by atoms with van der Waals surface area (Å²) in [4.78, 5) is 0. The molecule has 1 saturated heterocycles. The molecule has 0 saturated carbocycles. The molecule has 0 bridgehead atoms. The molecule has 4 nitrogen and oxygen atoms in total. The molecule has 2 N–H and O–H groups in total. The van der Waals surface area contributed by atoms with Gasteiger partial charge in [-0.15, -0.1) is 6.58 Å². The summed E-state index contributed by atoms with van der Waals surface area (Å²) < 4.78 is 28.6. The minimum absolute atomic E-state index is 0.0175. The van der Waals surface area contributed by atoms with E-state index in [1.54, 1.807) is 6.08 Å². The van der Waals surface area contributed by atoms with Gasteiger partial charge in [0.15, 0.2) is 0 Å². The van der Waals surface area contributed by atoms with Crippen LogP contribution in [0.15, 0.2) is 12.7 Å². The quantitative estimate of drug-likeness (QED) is 0.711. The molecule has 1 fully saturated rings. The molecular formula is C12H23NO3S. The zero-order valence-corrected chi connectivity index (χ0v) is 11.3. The van der Waals surface area contributed by atoms with Gasteiger partial charge in [-0.1, -0.05) is 13.0 Å². The van der Waals surface area contributed by atoms with Crippen LogP contribution in [0, 0.1) is 5.92 Å². The number of hydrogen-bond acceptors (Lipinski definition) is 3. The molecule has 0 aromatic carbocycles.